The first-order valence-corrected chi connectivity index (χ1v) is 8.55. The standard InChI is InChI=1S/C18H26N6.HI/c1-14-7-9-15(10-8-14)13-23(3)18(19-2)20-12-17-22-21-16-6-4-5-11-24(16)17;/h7-10H,4-6,11-13H2,1-3H3,(H,19,20);1H. The molecule has 0 atom stereocenters. The normalized spacial score (nSPS) is 13.8. The second-order valence-corrected chi connectivity index (χ2v) is 6.38. The Morgan fingerprint density at radius 1 is 1.24 bits per heavy atom. The van der Waals surface area contributed by atoms with Gasteiger partial charge in [0, 0.05) is 33.6 Å². The van der Waals surface area contributed by atoms with E-state index in [2.05, 4.69) is 68.2 Å². The summed E-state index contributed by atoms with van der Waals surface area (Å²) in [5.41, 5.74) is 2.55. The van der Waals surface area contributed by atoms with Crippen molar-refractivity contribution in [1.29, 1.82) is 0 Å². The van der Waals surface area contributed by atoms with E-state index in [1.54, 1.807) is 0 Å². The number of nitrogens with zero attached hydrogens (tertiary/aromatic N) is 5. The Morgan fingerprint density at radius 3 is 2.72 bits per heavy atom. The van der Waals surface area contributed by atoms with Crippen molar-refractivity contribution in [2.24, 2.45) is 4.99 Å². The molecule has 0 unspecified atom stereocenters. The van der Waals surface area contributed by atoms with Gasteiger partial charge in [0.2, 0.25) is 0 Å². The van der Waals surface area contributed by atoms with Crippen LogP contribution in [0.15, 0.2) is 29.3 Å². The average Bonchev–Trinajstić information content (AvgIpc) is 3.01. The second-order valence-electron chi connectivity index (χ2n) is 6.38. The summed E-state index contributed by atoms with van der Waals surface area (Å²) < 4.78 is 2.24. The molecule has 0 bridgehead atoms. The van der Waals surface area contributed by atoms with E-state index < -0.39 is 0 Å². The molecule has 1 aromatic heterocycles. The Balaban J connectivity index is 0.00000225. The Hall–Kier alpha value is -1.64. The van der Waals surface area contributed by atoms with Crippen LogP contribution < -0.4 is 5.32 Å². The van der Waals surface area contributed by atoms with Crippen LogP contribution in [0.4, 0.5) is 0 Å². The molecule has 1 aromatic carbocycles. The number of hydrogen-bond acceptors (Lipinski definition) is 3. The number of aromatic nitrogens is 3. The number of fused-ring (bicyclic) bond motifs is 1. The van der Waals surface area contributed by atoms with Crippen LogP contribution in [0.1, 0.15) is 35.6 Å². The third kappa shape index (κ3) is 4.93. The van der Waals surface area contributed by atoms with Crippen molar-refractivity contribution in [3.05, 3.63) is 47.0 Å². The maximum atomic E-state index is 4.39. The molecule has 0 saturated carbocycles. The lowest BCUT2D eigenvalue weighted by atomic mass is 10.1. The van der Waals surface area contributed by atoms with Gasteiger partial charge >= 0.3 is 0 Å². The topological polar surface area (TPSA) is 58.3 Å². The van der Waals surface area contributed by atoms with Gasteiger partial charge in [-0.2, -0.15) is 0 Å². The highest BCUT2D eigenvalue weighted by Crippen LogP contribution is 2.14. The van der Waals surface area contributed by atoms with Crippen molar-refractivity contribution in [2.75, 3.05) is 14.1 Å². The molecule has 3 rings (SSSR count). The molecule has 0 saturated heterocycles. The van der Waals surface area contributed by atoms with E-state index in [0.29, 0.717) is 6.54 Å². The van der Waals surface area contributed by atoms with Crippen molar-refractivity contribution in [2.45, 2.75) is 45.8 Å². The lowest BCUT2D eigenvalue weighted by Crippen LogP contribution is -2.38. The Bertz CT molecular complexity index is 707. The molecule has 0 aliphatic carbocycles. The first-order chi connectivity index (χ1) is 11.7. The lowest BCUT2D eigenvalue weighted by molar-refractivity contribution is 0.468. The van der Waals surface area contributed by atoms with Crippen molar-refractivity contribution < 1.29 is 0 Å². The zero-order valence-corrected chi connectivity index (χ0v) is 17.5. The molecule has 0 radical (unpaired) electrons. The van der Waals surface area contributed by atoms with Crippen LogP contribution in [0.2, 0.25) is 0 Å². The van der Waals surface area contributed by atoms with E-state index in [-0.39, 0.29) is 24.0 Å². The largest absolute Gasteiger partial charge is 0.349 e. The predicted octanol–water partition coefficient (Wildman–Crippen LogP) is 2.75. The average molecular weight is 454 g/mol. The lowest BCUT2D eigenvalue weighted by Gasteiger charge is -2.22. The molecule has 7 heteroatoms. The molecule has 1 aliphatic heterocycles. The van der Waals surface area contributed by atoms with E-state index >= 15 is 0 Å². The fraction of sp³-hybridized carbons (Fsp3) is 0.500. The summed E-state index contributed by atoms with van der Waals surface area (Å²) in [5.74, 6) is 2.97. The summed E-state index contributed by atoms with van der Waals surface area (Å²) in [5, 5.41) is 12.0. The minimum absolute atomic E-state index is 0. The van der Waals surface area contributed by atoms with Crippen molar-refractivity contribution in [3.63, 3.8) is 0 Å². The molecule has 136 valence electrons. The van der Waals surface area contributed by atoms with Gasteiger partial charge < -0.3 is 14.8 Å². The molecule has 0 amide bonds. The molecule has 1 N–H and O–H groups in total. The van der Waals surface area contributed by atoms with Crippen molar-refractivity contribution >= 4 is 29.9 Å². The molecular weight excluding hydrogens is 427 g/mol. The zero-order valence-electron chi connectivity index (χ0n) is 15.2. The number of halogens is 1. The highest BCUT2D eigenvalue weighted by Gasteiger charge is 2.16. The number of aryl methyl sites for hydroxylation is 2. The minimum atomic E-state index is 0. The van der Waals surface area contributed by atoms with E-state index in [1.807, 2.05) is 7.05 Å². The fourth-order valence-corrected chi connectivity index (χ4v) is 3.08. The molecule has 25 heavy (non-hydrogen) atoms. The highest BCUT2D eigenvalue weighted by atomic mass is 127. The number of hydrogen-bond donors (Lipinski definition) is 1. The van der Waals surface area contributed by atoms with Gasteiger partial charge in [0.1, 0.15) is 5.82 Å². The third-order valence-corrected chi connectivity index (χ3v) is 4.45. The van der Waals surface area contributed by atoms with Crippen LogP contribution in [-0.4, -0.2) is 39.7 Å². The molecular formula is C18H27IN6. The Labute approximate surface area is 166 Å². The van der Waals surface area contributed by atoms with Crippen LogP contribution in [0.3, 0.4) is 0 Å². The van der Waals surface area contributed by atoms with Crippen LogP contribution in [-0.2, 0) is 26.1 Å². The number of rotatable bonds is 4. The molecule has 1 aliphatic rings. The van der Waals surface area contributed by atoms with Gasteiger partial charge in [-0.05, 0) is 25.3 Å². The third-order valence-electron chi connectivity index (χ3n) is 4.45. The summed E-state index contributed by atoms with van der Waals surface area (Å²) in [4.78, 5) is 6.51. The fourth-order valence-electron chi connectivity index (χ4n) is 3.08. The SMILES string of the molecule is CN=C(NCc1nnc2n1CCCC2)N(C)Cc1ccc(C)cc1.I. The van der Waals surface area contributed by atoms with Gasteiger partial charge in [-0.3, -0.25) is 4.99 Å². The summed E-state index contributed by atoms with van der Waals surface area (Å²) in [6.45, 7) is 4.60. The van der Waals surface area contributed by atoms with Crippen LogP contribution in [0.5, 0.6) is 0 Å². The predicted molar refractivity (Wildman–Crippen MR) is 111 cm³/mol. The number of nitrogens with one attached hydrogen (secondary N) is 1. The Morgan fingerprint density at radius 2 is 2.00 bits per heavy atom. The zero-order chi connectivity index (χ0) is 16.9. The van der Waals surface area contributed by atoms with E-state index in [9.17, 15) is 0 Å². The maximum absolute atomic E-state index is 4.39. The molecule has 0 fully saturated rings. The van der Waals surface area contributed by atoms with Crippen molar-refractivity contribution in [1.82, 2.24) is 25.0 Å². The number of aliphatic imine (C=N–C) groups is 1. The second kappa shape index (κ2) is 9.17. The summed E-state index contributed by atoms with van der Waals surface area (Å²) in [6, 6.07) is 8.60. The van der Waals surface area contributed by atoms with E-state index in [1.165, 1.54) is 24.0 Å². The maximum Gasteiger partial charge on any atom is 0.194 e. The Kier molecular flexibility index (Phi) is 7.22. The van der Waals surface area contributed by atoms with Gasteiger partial charge in [-0.1, -0.05) is 29.8 Å². The quantitative estimate of drug-likeness (QED) is 0.439. The van der Waals surface area contributed by atoms with E-state index in [4.69, 9.17) is 0 Å². The number of benzene rings is 1. The van der Waals surface area contributed by atoms with Gasteiger partial charge in [-0.25, -0.2) is 0 Å². The minimum Gasteiger partial charge on any atom is -0.349 e. The molecule has 2 heterocycles. The van der Waals surface area contributed by atoms with Gasteiger partial charge in [0.25, 0.3) is 0 Å². The smallest absolute Gasteiger partial charge is 0.194 e. The van der Waals surface area contributed by atoms with Gasteiger partial charge in [0.15, 0.2) is 11.8 Å². The molecule has 6 nitrogen and oxygen atoms in total. The molecule has 0 spiro atoms. The molecule has 2 aromatic rings. The van der Waals surface area contributed by atoms with Crippen LogP contribution >= 0.6 is 24.0 Å². The van der Waals surface area contributed by atoms with Crippen molar-refractivity contribution in [3.8, 4) is 0 Å². The first-order valence-electron chi connectivity index (χ1n) is 8.55. The summed E-state index contributed by atoms with van der Waals surface area (Å²) in [7, 11) is 3.86. The monoisotopic (exact) mass is 454 g/mol. The van der Waals surface area contributed by atoms with Crippen LogP contribution in [0.25, 0.3) is 0 Å². The highest BCUT2D eigenvalue weighted by molar-refractivity contribution is 14.0. The van der Waals surface area contributed by atoms with Gasteiger partial charge in [0.05, 0.1) is 6.54 Å². The number of guanidine groups is 1. The summed E-state index contributed by atoms with van der Waals surface area (Å²) in [6.07, 6.45) is 3.46. The first kappa shape index (κ1) is 19.7. The van der Waals surface area contributed by atoms with E-state index in [0.717, 1.165) is 37.1 Å². The van der Waals surface area contributed by atoms with Crippen LogP contribution in [0, 0.1) is 6.92 Å². The summed E-state index contributed by atoms with van der Waals surface area (Å²) >= 11 is 0. The van der Waals surface area contributed by atoms with Gasteiger partial charge in [-0.15, -0.1) is 34.2 Å².